The lowest BCUT2D eigenvalue weighted by Gasteiger charge is -2.05. The van der Waals surface area contributed by atoms with Crippen LogP contribution in [0.15, 0.2) is 51.0 Å². The molecule has 5 nitrogen and oxygen atoms in total. The molecule has 102 valence electrons. The summed E-state index contributed by atoms with van der Waals surface area (Å²) in [5.41, 5.74) is 0.843. The van der Waals surface area contributed by atoms with Crippen molar-refractivity contribution in [3.8, 4) is 5.75 Å². The first-order valence-corrected chi connectivity index (χ1v) is 6.98. The minimum absolute atomic E-state index is 0.0783. The van der Waals surface area contributed by atoms with E-state index in [4.69, 9.17) is 4.42 Å². The monoisotopic (exact) mass is 288 g/mol. The van der Waals surface area contributed by atoms with E-state index >= 15 is 0 Å². The van der Waals surface area contributed by atoms with Gasteiger partial charge in [-0.05, 0) is 17.7 Å². The summed E-state index contributed by atoms with van der Waals surface area (Å²) in [6, 6.07) is 6.26. The maximum absolute atomic E-state index is 11.6. The number of phenols is 1. The van der Waals surface area contributed by atoms with Crippen LogP contribution in [0.25, 0.3) is 11.0 Å². The van der Waals surface area contributed by atoms with E-state index < -0.39 is 5.63 Å². The fraction of sp³-hybridized carbons (Fsp3) is 0.143. The molecule has 1 N–H and O–H groups in total. The van der Waals surface area contributed by atoms with Crippen LogP contribution in [0.4, 0.5) is 0 Å². The molecule has 3 aromatic rings. The average molecular weight is 288 g/mol. The standard InChI is InChI=1S/C14H12N2O3S/c1-16-5-4-15-14(16)20-8-9-6-13(18)19-12-7-10(17)2-3-11(9)12/h2-7,17H,8H2,1H3. The summed E-state index contributed by atoms with van der Waals surface area (Å²) in [7, 11) is 1.92. The Morgan fingerprint density at radius 3 is 3.00 bits per heavy atom. The predicted octanol–water partition coefficient (Wildman–Crippen LogP) is 2.52. The van der Waals surface area contributed by atoms with Crippen LogP contribution in [0, 0.1) is 0 Å². The van der Waals surface area contributed by atoms with Crippen molar-refractivity contribution in [2.24, 2.45) is 7.05 Å². The number of nitrogens with zero attached hydrogens (tertiary/aromatic N) is 2. The molecule has 0 spiro atoms. The highest BCUT2D eigenvalue weighted by atomic mass is 32.2. The number of aryl methyl sites for hydroxylation is 1. The number of hydrogen-bond donors (Lipinski definition) is 1. The van der Waals surface area contributed by atoms with Gasteiger partial charge in [-0.2, -0.15) is 0 Å². The third-order valence-corrected chi connectivity index (χ3v) is 4.05. The van der Waals surface area contributed by atoms with E-state index in [1.54, 1.807) is 30.1 Å². The molecule has 0 unspecified atom stereocenters. The molecule has 0 saturated carbocycles. The van der Waals surface area contributed by atoms with Crippen LogP contribution in [0.1, 0.15) is 5.56 Å². The smallest absolute Gasteiger partial charge is 0.336 e. The molecule has 3 rings (SSSR count). The fourth-order valence-electron chi connectivity index (χ4n) is 1.97. The summed E-state index contributed by atoms with van der Waals surface area (Å²) in [5.74, 6) is 0.687. The average Bonchev–Trinajstić information content (AvgIpc) is 2.80. The molecule has 2 aromatic heterocycles. The summed E-state index contributed by atoms with van der Waals surface area (Å²) < 4.78 is 7.02. The van der Waals surface area contributed by atoms with Gasteiger partial charge in [0.15, 0.2) is 5.16 Å². The van der Waals surface area contributed by atoms with Crippen molar-refractivity contribution in [1.82, 2.24) is 9.55 Å². The van der Waals surface area contributed by atoms with Gasteiger partial charge >= 0.3 is 5.63 Å². The van der Waals surface area contributed by atoms with Gasteiger partial charge in [0.25, 0.3) is 0 Å². The zero-order chi connectivity index (χ0) is 14.1. The van der Waals surface area contributed by atoms with Gasteiger partial charge in [0, 0.05) is 42.7 Å². The first-order chi connectivity index (χ1) is 9.63. The van der Waals surface area contributed by atoms with Gasteiger partial charge in [-0.3, -0.25) is 0 Å². The van der Waals surface area contributed by atoms with Crippen molar-refractivity contribution in [1.29, 1.82) is 0 Å². The second-order valence-electron chi connectivity index (χ2n) is 4.38. The molecule has 0 fully saturated rings. The van der Waals surface area contributed by atoms with Gasteiger partial charge in [-0.25, -0.2) is 9.78 Å². The van der Waals surface area contributed by atoms with Gasteiger partial charge in [0.05, 0.1) is 0 Å². The van der Waals surface area contributed by atoms with E-state index in [0.717, 1.165) is 16.1 Å². The van der Waals surface area contributed by atoms with Crippen molar-refractivity contribution in [2.45, 2.75) is 10.9 Å². The first kappa shape index (κ1) is 12.8. The number of phenolic OH excluding ortho intramolecular Hbond substituents is 1. The Morgan fingerprint density at radius 1 is 1.40 bits per heavy atom. The van der Waals surface area contributed by atoms with Gasteiger partial charge in [0.2, 0.25) is 0 Å². The summed E-state index contributed by atoms with van der Waals surface area (Å²) in [6.45, 7) is 0. The Balaban J connectivity index is 1.98. The van der Waals surface area contributed by atoms with E-state index in [0.29, 0.717) is 11.3 Å². The highest BCUT2D eigenvalue weighted by Crippen LogP contribution is 2.27. The Hall–Kier alpha value is -2.21. The van der Waals surface area contributed by atoms with E-state index in [1.807, 2.05) is 17.8 Å². The Kier molecular flexibility index (Phi) is 3.23. The molecule has 0 atom stereocenters. The Bertz CT molecular complexity index is 823. The van der Waals surface area contributed by atoms with Gasteiger partial charge in [-0.1, -0.05) is 11.8 Å². The van der Waals surface area contributed by atoms with Crippen molar-refractivity contribution in [3.63, 3.8) is 0 Å². The normalized spacial score (nSPS) is 11.1. The molecular weight excluding hydrogens is 276 g/mol. The fourth-order valence-corrected chi connectivity index (χ4v) is 2.89. The topological polar surface area (TPSA) is 68.3 Å². The number of fused-ring (bicyclic) bond motifs is 1. The summed E-state index contributed by atoms with van der Waals surface area (Å²) in [5, 5.41) is 11.2. The predicted molar refractivity (Wildman–Crippen MR) is 76.9 cm³/mol. The molecule has 0 aliphatic heterocycles. The minimum atomic E-state index is -0.418. The minimum Gasteiger partial charge on any atom is -0.508 e. The number of imidazole rings is 1. The van der Waals surface area contributed by atoms with Crippen LogP contribution >= 0.6 is 11.8 Å². The lowest BCUT2D eigenvalue weighted by molar-refractivity contribution is 0.473. The molecule has 20 heavy (non-hydrogen) atoms. The van der Waals surface area contributed by atoms with Gasteiger partial charge in [0.1, 0.15) is 11.3 Å². The third kappa shape index (κ3) is 2.42. The molecule has 0 amide bonds. The largest absolute Gasteiger partial charge is 0.508 e. The second kappa shape index (κ2) is 5.05. The van der Waals surface area contributed by atoms with Crippen molar-refractivity contribution in [2.75, 3.05) is 0 Å². The number of benzene rings is 1. The van der Waals surface area contributed by atoms with E-state index in [-0.39, 0.29) is 5.75 Å². The number of aromatic nitrogens is 2. The third-order valence-electron chi connectivity index (χ3n) is 2.95. The van der Waals surface area contributed by atoms with Crippen LogP contribution in [0.3, 0.4) is 0 Å². The van der Waals surface area contributed by atoms with Crippen LogP contribution in [0.5, 0.6) is 5.75 Å². The molecule has 0 radical (unpaired) electrons. The Morgan fingerprint density at radius 2 is 2.25 bits per heavy atom. The van der Waals surface area contributed by atoms with Crippen molar-refractivity contribution < 1.29 is 9.52 Å². The van der Waals surface area contributed by atoms with Crippen molar-refractivity contribution >= 4 is 22.7 Å². The molecule has 0 aliphatic rings. The number of aromatic hydroxyl groups is 1. The van der Waals surface area contributed by atoms with Crippen LogP contribution in [0.2, 0.25) is 0 Å². The second-order valence-corrected chi connectivity index (χ2v) is 5.32. The number of rotatable bonds is 3. The van der Waals surface area contributed by atoms with E-state index in [2.05, 4.69) is 4.98 Å². The van der Waals surface area contributed by atoms with Crippen molar-refractivity contribution in [3.05, 3.63) is 52.6 Å². The SMILES string of the molecule is Cn1ccnc1SCc1cc(=O)oc2cc(O)ccc12. The molecule has 0 bridgehead atoms. The zero-order valence-electron chi connectivity index (χ0n) is 10.7. The molecule has 0 aliphatic carbocycles. The van der Waals surface area contributed by atoms with Crippen LogP contribution in [-0.2, 0) is 12.8 Å². The van der Waals surface area contributed by atoms with E-state index in [9.17, 15) is 9.90 Å². The lowest BCUT2D eigenvalue weighted by atomic mass is 10.1. The van der Waals surface area contributed by atoms with Gasteiger partial charge < -0.3 is 14.1 Å². The number of hydrogen-bond acceptors (Lipinski definition) is 5. The maximum Gasteiger partial charge on any atom is 0.336 e. The summed E-state index contributed by atoms with van der Waals surface area (Å²) in [6.07, 6.45) is 3.61. The zero-order valence-corrected chi connectivity index (χ0v) is 11.6. The van der Waals surface area contributed by atoms with Gasteiger partial charge in [-0.15, -0.1) is 0 Å². The molecular formula is C14H12N2O3S. The van der Waals surface area contributed by atoms with Crippen LogP contribution < -0.4 is 5.63 Å². The van der Waals surface area contributed by atoms with E-state index in [1.165, 1.54) is 12.1 Å². The quantitative estimate of drug-likeness (QED) is 0.592. The lowest BCUT2D eigenvalue weighted by Crippen LogP contribution is -2.00. The molecule has 6 heteroatoms. The summed E-state index contributed by atoms with van der Waals surface area (Å²) >= 11 is 1.54. The Labute approximate surface area is 118 Å². The maximum atomic E-state index is 11.6. The molecule has 1 aromatic carbocycles. The highest BCUT2D eigenvalue weighted by Gasteiger charge is 2.08. The molecule has 0 saturated heterocycles. The molecule has 2 heterocycles. The summed E-state index contributed by atoms with van der Waals surface area (Å²) in [4.78, 5) is 15.8. The first-order valence-electron chi connectivity index (χ1n) is 5.99. The van der Waals surface area contributed by atoms with Crippen LogP contribution in [-0.4, -0.2) is 14.7 Å². The highest BCUT2D eigenvalue weighted by molar-refractivity contribution is 7.98. The number of thioether (sulfide) groups is 1.